The van der Waals surface area contributed by atoms with Crippen molar-refractivity contribution in [1.82, 2.24) is 15.1 Å². The average molecular weight is 348 g/mol. The Labute approximate surface area is 141 Å². The van der Waals surface area contributed by atoms with Crippen LogP contribution in [0.2, 0.25) is 0 Å². The van der Waals surface area contributed by atoms with E-state index in [1.54, 1.807) is 0 Å². The van der Waals surface area contributed by atoms with Gasteiger partial charge in [-0.05, 0) is 12.1 Å². The lowest BCUT2D eigenvalue weighted by atomic mass is 10.3. The molecule has 1 aliphatic rings. The minimum Gasteiger partial charge on any atom is -0.305 e. The largest absolute Gasteiger partial charge is 0.335 e. The topological polar surface area (TPSA) is 116 Å². The van der Waals surface area contributed by atoms with Crippen molar-refractivity contribution in [2.24, 2.45) is 0 Å². The van der Waals surface area contributed by atoms with E-state index >= 15 is 0 Å². The maximum Gasteiger partial charge on any atom is 0.335 e. The van der Waals surface area contributed by atoms with Crippen molar-refractivity contribution >= 4 is 35.5 Å². The zero-order valence-electron chi connectivity index (χ0n) is 12.8. The number of amides is 7. The second-order valence-corrected chi connectivity index (χ2v) is 4.86. The van der Waals surface area contributed by atoms with Crippen LogP contribution in [0.5, 0.6) is 0 Å². The summed E-state index contributed by atoms with van der Waals surface area (Å²) in [5, 5.41) is 3.93. The van der Waals surface area contributed by atoms with Crippen LogP contribution < -0.4 is 10.6 Å². The number of benzene rings is 1. The van der Waals surface area contributed by atoms with E-state index in [1.165, 1.54) is 24.3 Å². The first kappa shape index (κ1) is 17.8. The number of para-hydroxylation sites is 1. The maximum atomic E-state index is 13.4. The van der Waals surface area contributed by atoms with Gasteiger partial charge in [-0.25, -0.2) is 18.9 Å². The van der Waals surface area contributed by atoms with E-state index in [1.807, 2.05) is 5.32 Å². The molecule has 0 aromatic heterocycles. The summed E-state index contributed by atoms with van der Waals surface area (Å²) in [6, 6.07) is 3.24. The molecule has 1 aliphatic heterocycles. The predicted octanol–water partition coefficient (Wildman–Crippen LogP) is 0.451. The summed E-state index contributed by atoms with van der Waals surface area (Å²) < 4.78 is 13.4. The number of imide groups is 3. The zero-order valence-corrected chi connectivity index (χ0v) is 12.8. The predicted molar refractivity (Wildman–Crippen MR) is 82.6 cm³/mol. The van der Waals surface area contributed by atoms with E-state index < -0.39 is 42.1 Å². The summed E-state index contributed by atoms with van der Waals surface area (Å²) in [5.74, 6) is -4.01. The summed E-state index contributed by atoms with van der Waals surface area (Å²) in [5.41, 5.74) is -0.159. The van der Waals surface area contributed by atoms with Crippen molar-refractivity contribution in [3.63, 3.8) is 0 Å². The highest BCUT2D eigenvalue weighted by Gasteiger charge is 2.44. The Kier molecular flexibility index (Phi) is 5.22. The fourth-order valence-electron chi connectivity index (χ4n) is 2.01. The van der Waals surface area contributed by atoms with Crippen molar-refractivity contribution in [2.45, 2.75) is 0 Å². The molecule has 25 heavy (non-hydrogen) atoms. The number of urea groups is 2. The number of carbonyl (C=O) groups excluding carboxylic acids is 5. The Bertz CT molecular complexity index is 779. The molecule has 0 atom stereocenters. The molecule has 0 spiro atoms. The van der Waals surface area contributed by atoms with Crippen molar-refractivity contribution < 1.29 is 28.4 Å². The van der Waals surface area contributed by atoms with E-state index in [0.717, 1.165) is 6.07 Å². The molecule has 7 amide bonds. The minimum atomic E-state index is -1.18. The quantitative estimate of drug-likeness (QED) is 0.455. The van der Waals surface area contributed by atoms with Crippen LogP contribution in [0.1, 0.15) is 0 Å². The molecular weight excluding hydrogens is 335 g/mol. The molecule has 0 unspecified atom stereocenters. The van der Waals surface area contributed by atoms with Gasteiger partial charge in [0, 0.05) is 6.54 Å². The van der Waals surface area contributed by atoms with Crippen LogP contribution in [0, 0.1) is 5.82 Å². The van der Waals surface area contributed by atoms with Crippen molar-refractivity contribution in [1.29, 1.82) is 0 Å². The maximum absolute atomic E-state index is 13.4. The second-order valence-electron chi connectivity index (χ2n) is 4.86. The van der Waals surface area contributed by atoms with Crippen molar-refractivity contribution in [3.05, 3.63) is 42.7 Å². The molecule has 10 heteroatoms. The molecular formula is C15H13FN4O5. The summed E-state index contributed by atoms with van der Waals surface area (Å²) in [6.07, 6.45) is 1.24. The molecule has 9 nitrogen and oxygen atoms in total. The van der Waals surface area contributed by atoms with Gasteiger partial charge in [0.25, 0.3) is 0 Å². The lowest BCUT2D eigenvalue weighted by Gasteiger charge is -2.14. The Morgan fingerprint density at radius 2 is 1.76 bits per heavy atom. The lowest BCUT2D eigenvalue weighted by molar-refractivity contribution is -0.143. The number of nitrogens with one attached hydrogen (secondary N) is 2. The SMILES string of the molecule is C=CCN1C(=O)C(=O)N(CC(=O)NC(=O)Nc2ccccc2F)C1=O. The normalized spacial score (nSPS) is 13.9. The number of carbonyl (C=O) groups is 5. The van der Waals surface area contributed by atoms with E-state index in [0.29, 0.717) is 9.80 Å². The highest BCUT2D eigenvalue weighted by molar-refractivity contribution is 6.45. The summed E-state index contributed by atoms with van der Waals surface area (Å²) in [7, 11) is 0. The first-order chi connectivity index (χ1) is 11.8. The van der Waals surface area contributed by atoms with Gasteiger partial charge in [-0.2, -0.15) is 0 Å². The van der Waals surface area contributed by atoms with E-state index in [2.05, 4.69) is 11.9 Å². The summed E-state index contributed by atoms with van der Waals surface area (Å²) in [6.45, 7) is 2.33. The molecule has 0 saturated carbocycles. The van der Waals surface area contributed by atoms with E-state index in [9.17, 15) is 28.4 Å². The summed E-state index contributed by atoms with van der Waals surface area (Å²) >= 11 is 0. The van der Waals surface area contributed by atoms with E-state index in [4.69, 9.17) is 0 Å². The fourth-order valence-corrected chi connectivity index (χ4v) is 2.01. The standard InChI is InChI=1S/C15H13FN4O5/c1-2-7-19-12(22)13(23)20(15(19)25)8-11(21)18-14(24)17-10-6-4-3-5-9(10)16/h2-6H,1,7-8H2,(H2,17,18,21,24). The van der Waals surface area contributed by atoms with Crippen molar-refractivity contribution in [2.75, 3.05) is 18.4 Å². The number of nitrogens with zero attached hydrogens (tertiary/aromatic N) is 2. The Balaban J connectivity index is 1.96. The Morgan fingerprint density at radius 3 is 2.40 bits per heavy atom. The van der Waals surface area contributed by atoms with Gasteiger partial charge < -0.3 is 5.32 Å². The highest BCUT2D eigenvalue weighted by Crippen LogP contribution is 2.13. The fraction of sp³-hybridized carbons (Fsp3) is 0.133. The van der Waals surface area contributed by atoms with Gasteiger partial charge in [0.05, 0.1) is 5.69 Å². The van der Waals surface area contributed by atoms with Gasteiger partial charge in [-0.15, -0.1) is 6.58 Å². The molecule has 1 aromatic carbocycles. The zero-order chi connectivity index (χ0) is 18.6. The van der Waals surface area contributed by atoms with Gasteiger partial charge in [-0.3, -0.25) is 24.6 Å². The van der Waals surface area contributed by atoms with Crippen LogP contribution in [0.3, 0.4) is 0 Å². The molecule has 1 saturated heterocycles. The number of hydrogen-bond acceptors (Lipinski definition) is 5. The first-order valence-corrected chi connectivity index (χ1v) is 6.98. The average Bonchev–Trinajstić information content (AvgIpc) is 2.75. The van der Waals surface area contributed by atoms with Crippen LogP contribution in [0.25, 0.3) is 0 Å². The molecule has 0 aliphatic carbocycles. The van der Waals surface area contributed by atoms with Crippen LogP contribution in [0.15, 0.2) is 36.9 Å². The molecule has 2 N–H and O–H groups in total. The number of halogens is 1. The van der Waals surface area contributed by atoms with E-state index in [-0.39, 0.29) is 12.2 Å². The molecule has 1 fully saturated rings. The minimum absolute atomic E-state index is 0.159. The van der Waals surface area contributed by atoms with Gasteiger partial charge in [0.15, 0.2) is 0 Å². The first-order valence-electron chi connectivity index (χ1n) is 6.98. The third-order valence-corrected chi connectivity index (χ3v) is 3.12. The van der Waals surface area contributed by atoms with Crippen molar-refractivity contribution in [3.8, 4) is 0 Å². The summed E-state index contributed by atoms with van der Waals surface area (Å²) in [4.78, 5) is 59.7. The number of rotatable bonds is 5. The van der Waals surface area contributed by atoms with Crippen LogP contribution >= 0.6 is 0 Å². The van der Waals surface area contributed by atoms with Gasteiger partial charge in [0.1, 0.15) is 12.4 Å². The monoisotopic (exact) mass is 348 g/mol. The van der Waals surface area contributed by atoms with Crippen LogP contribution in [-0.4, -0.2) is 52.7 Å². The third kappa shape index (κ3) is 3.86. The Morgan fingerprint density at radius 1 is 1.12 bits per heavy atom. The molecule has 130 valence electrons. The molecule has 2 rings (SSSR count). The number of anilines is 1. The van der Waals surface area contributed by atoms with Gasteiger partial charge in [0.2, 0.25) is 5.91 Å². The van der Waals surface area contributed by atoms with Crippen LogP contribution in [-0.2, 0) is 14.4 Å². The second kappa shape index (κ2) is 7.34. The lowest BCUT2D eigenvalue weighted by Crippen LogP contribution is -2.44. The smallest absolute Gasteiger partial charge is 0.305 e. The van der Waals surface area contributed by atoms with Gasteiger partial charge in [-0.1, -0.05) is 18.2 Å². The third-order valence-electron chi connectivity index (χ3n) is 3.12. The number of hydrogen-bond donors (Lipinski definition) is 2. The molecule has 1 heterocycles. The highest BCUT2D eigenvalue weighted by atomic mass is 19.1. The Hall–Kier alpha value is -3.56. The molecule has 0 bridgehead atoms. The van der Waals surface area contributed by atoms with Gasteiger partial charge >= 0.3 is 23.9 Å². The molecule has 0 radical (unpaired) electrons. The van der Waals surface area contributed by atoms with Crippen LogP contribution in [0.4, 0.5) is 19.7 Å². The molecule has 1 aromatic rings.